The number of thioether (sulfide) groups is 1. The van der Waals surface area contributed by atoms with Crippen molar-refractivity contribution in [2.24, 2.45) is 0 Å². The average Bonchev–Trinajstić information content (AvgIpc) is 2.61. The predicted molar refractivity (Wildman–Crippen MR) is 68.0 cm³/mol. The van der Waals surface area contributed by atoms with E-state index >= 15 is 0 Å². The number of hydrogen-bond donors (Lipinski definition) is 1. The SMILES string of the molecule is CC1=C(C(=O)Nc2ccccc2)SCN1C. The number of para-hydroxylation sites is 1. The van der Waals surface area contributed by atoms with Crippen LogP contribution in [-0.4, -0.2) is 23.7 Å². The molecule has 1 aliphatic rings. The van der Waals surface area contributed by atoms with Gasteiger partial charge in [0.05, 0.1) is 10.8 Å². The van der Waals surface area contributed by atoms with E-state index in [0.29, 0.717) is 0 Å². The van der Waals surface area contributed by atoms with Crippen molar-refractivity contribution < 1.29 is 4.79 Å². The van der Waals surface area contributed by atoms with Crippen molar-refractivity contribution in [3.05, 3.63) is 40.9 Å². The second-order valence-corrected chi connectivity index (χ2v) is 4.66. The van der Waals surface area contributed by atoms with E-state index in [1.165, 1.54) is 0 Å². The Labute approximate surface area is 99.5 Å². The minimum atomic E-state index is -0.0157. The summed E-state index contributed by atoms with van der Waals surface area (Å²) < 4.78 is 0. The van der Waals surface area contributed by atoms with Gasteiger partial charge in [0.15, 0.2) is 0 Å². The first kappa shape index (κ1) is 11.1. The molecule has 0 bridgehead atoms. The lowest BCUT2D eigenvalue weighted by atomic mass is 10.3. The topological polar surface area (TPSA) is 32.3 Å². The van der Waals surface area contributed by atoms with Crippen LogP contribution in [0.4, 0.5) is 5.69 Å². The maximum Gasteiger partial charge on any atom is 0.263 e. The quantitative estimate of drug-likeness (QED) is 0.853. The zero-order chi connectivity index (χ0) is 11.5. The van der Waals surface area contributed by atoms with Gasteiger partial charge in [-0.15, -0.1) is 0 Å². The predicted octanol–water partition coefficient (Wildman–Crippen LogP) is 2.49. The number of rotatable bonds is 2. The third-order valence-corrected chi connectivity index (χ3v) is 3.83. The lowest BCUT2D eigenvalue weighted by Crippen LogP contribution is -2.14. The summed E-state index contributed by atoms with van der Waals surface area (Å²) in [5, 5.41) is 2.89. The third kappa shape index (κ3) is 2.22. The van der Waals surface area contributed by atoms with Crippen molar-refractivity contribution in [1.82, 2.24) is 4.90 Å². The highest BCUT2D eigenvalue weighted by atomic mass is 32.2. The minimum absolute atomic E-state index is 0.0157. The summed E-state index contributed by atoms with van der Waals surface area (Å²) in [6, 6.07) is 9.52. The average molecular weight is 234 g/mol. The number of nitrogens with zero attached hydrogens (tertiary/aromatic N) is 1. The lowest BCUT2D eigenvalue weighted by molar-refractivity contribution is -0.112. The van der Waals surface area contributed by atoms with Crippen LogP contribution in [0.3, 0.4) is 0 Å². The Bertz CT molecular complexity index is 428. The molecule has 0 saturated heterocycles. The Morgan fingerprint density at radius 1 is 1.38 bits per heavy atom. The van der Waals surface area contributed by atoms with Crippen LogP contribution in [0.15, 0.2) is 40.9 Å². The van der Waals surface area contributed by atoms with E-state index in [2.05, 4.69) is 10.2 Å². The Kier molecular flexibility index (Phi) is 3.19. The summed E-state index contributed by atoms with van der Waals surface area (Å²) >= 11 is 1.58. The molecule has 0 fully saturated rings. The van der Waals surface area contributed by atoms with E-state index in [0.717, 1.165) is 22.2 Å². The van der Waals surface area contributed by atoms with Crippen LogP contribution in [0.1, 0.15) is 6.92 Å². The molecule has 1 amide bonds. The maximum atomic E-state index is 12.0. The normalized spacial score (nSPS) is 15.5. The van der Waals surface area contributed by atoms with Crippen LogP contribution in [0, 0.1) is 0 Å². The Hall–Kier alpha value is -1.42. The van der Waals surface area contributed by atoms with Crippen LogP contribution < -0.4 is 5.32 Å². The van der Waals surface area contributed by atoms with Gasteiger partial charge in [-0.25, -0.2) is 0 Å². The molecule has 1 aromatic rings. The molecule has 0 unspecified atom stereocenters. The van der Waals surface area contributed by atoms with Crippen LogP contribution >= 0.6 is 11.8 Å². The molecule has 3 nitrogen and oxygen atoms in total. The zero-order valence-corrected chi connectivity index (χ0v) is 10.2. The molecular formula is C12H14N2OS. The number of carbonyl (C=O) groups is 1. The molecule has 0 aromatic heterocycles. The molecule has 4 heteroatoms. The van der Waals surface area contributed by atoms with E-state index < -0.39 is 0 Å². The zero-order valence-electron chi connectivity index (χ0n) is 9.36. The van der Waals surface area contributed by atoms with Crippen molar-refractivity contribution in [1.29, 1.82) is 0 Å². The van der Waals surface area contributed by atoms with Crippen LogP contribution in [-0.2, 0) is 4.79 Å². The summed E-state index contributed by atoms with van der Waals surface area (Å²) in [6.45, 7) is 1.97. The molecule has 1 heterocycles. The highest BCUT2D eigenvalue weighted by Crippen LogP contribution is 2.31. The molecule has 1 aliphatic heterocycles. The van der Waals surface area contributed by atoms with Crippen molar-refractivity contribution in [3.63, 3.8) is 0 Å². The molecule has 0 radical (unpaired) electrons. The molecule has 16 heavy (non-hydrogen) atoms. The first-order valence-corrected chi connectivity index (χ1v) is 6.08. The second-order valence-electron chi connectivity index (χ2n) is 3.71. The van der Waals surface area contributed by atoms with Crippen molar-refractivity contribution in [2.45, 2.75) is 6.92 Å². The van der Waals surface area contributed by atoms with Gasteiger partial charge >= 0.3 is 0 Å². The molecule has 1 N–H and O–H groups in total. The van der Waals surface area contributed by atoms with Crippen molar-refractivity contribution in [3.8, 4) is 0 Å². The van der Waals surface area contributed by atoms with E-state index in [9.17, 15) is 4.79 Å². The van der Waals surface area contributed by atoms with Gasteiger partial charge in [0.25, 0.3) is 5.91 Å². The van der Waals surface area contributed by atoms with Crippen LogP contribution in [0.5, 0.6) is 0 Å². The van der Waals surface area contributed by atoms with Crippen molar-refractivity contribution in [2.75, 3.05) is 18.2 Å². The minimum Gasteiger partial charge on any atom is -0.367 e. The Morgan fingerprint density at radius 2 is 2.06 bits per heavy atom. The van der Waals surface area contributed by atoms with Gasteiger partial charge in [0.2, 0.25) is 0 Å². The van der Waals surface area contributed by atoms with Crippen molar-refractivity contribution >= 4 is 23.4 Å². The fourth-order valence-electron chi connectivity index (χ4n) is 1.48. The summed E-state index contributed by atoms with van der Waals surface area (Å²) in [6.07, 6.45) is 0. The Morgan fingerprint density at radius 3 is 2.62 bits per heavy atom. The van der Waals surface area contributed by atoms with Gasteiger partial charge in [0.1, 0.15) is 0 Å². The maximum absolute atomic E-state index is 12.0. The number of carbonyl (C=O) groups excluding carboxylic acids is 1. The first-order chi connectivity index (χ1) is 7.68. The largest absolute Gasteiger partial charge is 0.367 e. The molecule has 84 valence electrons. The number of hydrogen-bond acceptors (Lipinski definition) is 3. The van der Waals surface area contributed by atoms with Gasteiger partial charge < -0.3 is 10.2 Å². The summed E-state index contributed by atoms with van der Waals surface area (Å²) in [5.74, 6) is 0.835. The molecular weight excluding hydrogens is 220 g/mol. The number of anilines is 1. The van der Waals surface area contributed by atoms with Crippen LogP contribution in [0.2, 0.25) is 0 Å². The van der Waals surface area contributed by atoms with Crippen LogP contribution in [0.25, 0.3) is 0 Å². The molecule has 0 spiro atoms. The first-order valence-electron chi connectivity index (χ1n) is 5.09. The van der Waals surface area contributed by atoms with E-state index in [4.69, 9.17) is 0 Å². The molecule has 2 rings (SSSR count). The number of benzene rings is 1. The molecule has 0 aliphatic carbocycles. The smallest absolute Gasteiger partial charge is 0.263 e. The monoisotopic (exact) mass is 234 g/mol. The summed E-state index contributed by atoms with van der Waals surface area (Å²) in [4.78, 5) is 14.8. The highest BCUT2D eigenvalue weighted by Gasteiger charge is 2.22. The van der Waals surface area contributed by atoms with E-state index in [1.807, 2.05) is 44.3 Å². The fraction of sp³-hybridized carbons (Fsp3) is 0.250. The molecule has 1 aromatic carbocycles. The Balaban J connectivity index is 2.10. The third-order valence-electron chi connectivity index (χ3n) is 2.54. The lowest BCUT2D eigenvalue weighted by Gasteiger charge is -2.10. The number of nitrogens with one attached hydrogen (secondary N) is 1. The van der Waals surface area contributed by atoms with E-state index in [1.54, 1.807) is 11.8 Å². The summed E-state index contributed by atoms with van der Waals surface area (Å²) in [5.41, 5.74) is 1.88. The van der Waals surface area contributed by atoms with E-state index in [-0.39, 0.29) is 5.91 Å². The fourth-order valence-corrected chi connectivity index (χ4v) is 2.54. The standard InChI is InChI=1S/C12H14N2OS/c1-9-11(16-8-14(9)2)12(15)13-10-6-4-3-5-7-10/h3-7H,8H2,1-2H3,(H,13,15). The van der Waals surface area contributed by atoms with Gasteiger partial charge in [-0.05, 0) is 19.1 Å². The molecule has 0 saturated carbocycles. The summed E-state index contributed by atoms with van der Waals surface area (Å²) in [7, 11) is 1.99. The highest BCUT2D eigenvalue weighted by molar-refractivity contribution is 8.04. The van der Waals surface area contributed by atoms with Gasteiger partial charge in [-0.3, -0.25) is 4.79 Å². The molecule has 0 atom stereocenters. The van der Waals surface area contributed by atoms with Gasteiger partial charge in [0, 0.05) is 18.4 Å². The van der Waals surface area contributed by atoms with Gasteiger partial charge in [-0.1, -0.05) is 30.0 Å². The number of allylic oxidation sites excluding steroid dienone is 1. The second kappa shape index (κ2) is 4.61. The number of amides is 1. The van der Waals surface area contributed by atoms with Gasteiger partial charge in [-0.2, -0.15) is 0 Å².